The first kappa shape index (κ1) is 32.5. The van der Waals surface area contributed by atoms with Crippen LogP contribution in [0.25, 0.3) is 11.1 Å². The number of fused-ring (bicyclic) bond motifs is 2. The van der Waals surface area contributed by atoms with E-state index in [-0.39, 0.29) is 5.82 Å². The Hall–Kier alpha value is -4.00. The third-order valence-electron chi connectivity index (χ3n) is 7.16. The molecule has 226 valence electrons. The van der Waals surface area contributed by atoms with Crippen molar-refractivity contribution < 1.29 is 50.5 Å². The second-order valence-electron chi connectivity index (χ2n) is 9.90. The topological polar surface area (TPSA) is 90.7 Å². The molecule has 13 heteroatoms. The second kappa shape index (κ2) is 13.3. The molecule has 1 fully saturated rings. The SMILES string of the molecule is Fc1ccc(CN2CCC3(CCc4cc(-c5cccnc5)ccc43)CC2)cc1.O=C(O)C(F)(F)F.O=C(O)C(F)(F)F. The lowest BCUT2D eigenvalue weighted by molar-refractivity contribution is -0.193. The Kier molecular flexibility index (Phi) is 10.3. The molecule has 0 saturated carbocycles. The summed E-state index contributed by atoms with van der Waals surface area (Å²) in [4.78, 5) is 24.6. The normalized spacial score (nSPS) is 16.0. The van der Waals surface area contributed by atoms with E-state index in [4.69, 9.17) is 19.8 Å². The predicted molar refractivity (Wildman–Crippen MR) is 138 cm³/mol. The quantitative estimate of drug-likeness (QED) is 0.328. The molecule has 1 aliphatic heterocycles. The summed E-state index contributed by atoms with van der Waals surface area (Å²) >= 11 is 0. The number of halogens is 7. The average molecular weight is 601 g/mol. The van der Waals surface area contributed by atoms with Gasteiger partial charge in [-0.25, -0.2) is 14.0 Å². The molecule has 6 nitrogen and oxygen atoms in total. The number of hydrogen-bond acceptors (Lipinski definition) is 4. The van der Waals surface area contributed by atoms with E-state index in [9.17, 15) is 30.7 Å². The van der Waals surface area contributed by atoms with Gasteiger partial charge in [0, 0.05) is 18.9 Å². The van der Waals surface area contributed by atoms with Gasteiger partial charge >= 0.3 is 24.3 Å². The van der Waals surface area contributed by atoms with Crippen molar-refractivity contribution in [1.82, 2.24) is 9.88 Å². The number of likely N-dealkylation sites (tertiary alicyclic amines) is 1. The van der Waals surface area contributed by atoms with Crippen molar-refractivity contribution >= 4 is 11.9 Å². The number of carboxylic acid groups (broad SMARTS) is 2. The average Bonchev–Trinajstić information content (AvgIpc) is 3.28. The van der Waals surface area contributed by atoms with Crippen molar-refractivity contribution in [3.8, 4) is 11.1 Å². The Balaban J connectivity index is 0.000000289. The van der Waals surface area contributed by atoms with Gasteiger partial charge in [0.1, 0.15) is 5.82 Å². The van der Waals surface area contributed by atoms with Crippen molar-refractivity contribution in [2.24, 2.45) is 0 Å². The van der Waals surface area contributed by atoms with E-state index in [1.54, 1.807) is 17.7 Å². The standard InChI is InChI=1S/C25H25FN2.2C2HF3O2/c26-23-6-3-19(4-7-23)18-28-14-11-25(12-15-28)10-9-21-16-20(5-8-24(21)25)22-2-1-13-27-17-22;2*3-2(4,5)1(6)7/h1-8,13,16-17H,9-12,14-15,18H2;2*(H,6,7). The molecule has 1 aromatic heterocycles. The van der Waals surface area contributed by atoms with Crippen LogP contribution in [-0.4, -0.2) is 57.5 Å². The Bertz CT molecular complexity index is 1330. The number of nitrogens with zero attached hydrogens (tertiary/aromatic N) is 2. The van der Waals surface area contributed by atoms with E-state index in [1.165, 1.54) is 47.9 Å². The van der Waals surface area contributed by atoms with Crippen LogP contribution in [-0.2, 0) is 28.0 Å². The maximum atomic E-state index is 13.1. The molecule has 3 aromatic rings. The number of benzene rings is 2. The van der Waals surface area contributed by atoms with Crippen LogP contribution >= 0.6 is 0 Å². The molecule has 1 saturated heterocycles. The van der Waals surface area contributed by atoms with Gasteiger partial charge in [0.25, 0.3) is 0 Å². The molecule has 0 unspecified atom stereocenters. The van der Waals surface area contributed by atoms with Gasteiger partial charge in [-0.1, -0.05) is 36.4 Å². The van der Waals surface area contributed by atoms with Crippen LogP contribution in [0.3, 0.4) is 0 Å². The summed E-state index contributed by atoms with van der Waals surface area (Å²) in [6.07, 6.45) is -1.52. The molecule has 1 aliphatic carbocycles. The molecule has 2 N–H and O–H groups in total. The van der Waals surface area contributed by atoms with E-state index in [1.807, 2.05) is 30.6 Å². The molecular formula is C29H27F7N2O4. The highest BCUT2D eigenvalue weighted by Gasteiger charge is 2.41. The van der Waals surface area contributed by atoms with E-state index in [0.717, 1.165) is 19.6 Å². The van der Waals surface area contributed by atoms with Gasteiger partial charge < -0.3 is 10.2 Å². The first-order valence-electron chi connectivity index (χ1n) is 12.7. The fourth-order valence-corrected chi connectivity index (χ4v) is 5.05. The summed E-state index contributed by atoms with van der Waals surface area (Å²) in [6.45, 7) is 3.14. The minimum Gasteiger partial charge on any atom is -0.475 e. The van der Waals surface area contributed by atoms with Gasteiger partial charge in [-0.15, -0.1) is 0 Å². The van der Waals surface area contributed by atoms with Crippen LogP contribution < -0.4 is 0 Å². The third-order valence-corrected chi connectivity index (χ3v) is 7.16. The monoisotopic (exact) mass is 600 g/mol. The zero-order chi connectivity index (χ0) is 31.1. The number of aryl methyl sites for hydroxylation is 1. The molecule has 2 aromatic carbocycles. The number of hydrogen-bond donors (Lipinski definition) is 2. The fourth-order valence-electron chi connectivity index (χ4n) is 5.05. The number of alkyl halides is 6. The predicted octanol–water partition coefficient (Wildman–Crippen LogP) is 6.63. The Morgan fingerprint density at radius 2 is 1.40 bits per heavy atom. The van der Waals surface area contributed by atoms with Crippen molar-refractivity contribution in [3.63, 3.8) is 0 Å². The van der Waals surface area contributed by atoms with Gasteiger partial charge in [0.15, 0.2) is 0 Å². The smallest absolute Gasteiger partial charge is 0.475 e. The number of piperidine rings is 1. The van der Waals surface area contributed by atoms with Crippen LogP contribution in [0.1, 0.15) is 36.0 Å². The van der Waals surface area contributed by atoms with Crippen molar-refractivity contribution in [3.05, 3.63) is 89.5 Å². The van der Waals surface area contributed by atoms with Gasteiger partial charge in [-0.3, -0.25) is 9.88 Å². The van der Waals surface area contributed by atoms with Crippen LogP contribution in [0, 0.1) is 5.82 Å². The maximum Gasteiger partial charge on any atom is 0.490 e. The number of pyridine rings is 1. The summed E-state index contributed by atoms with van der Waals surface area (Å²) in [5.74, 6) is -5.67. The number of rotatable bonds is 3. The van der Waals surface area contributed by atoms with Crippen LogP contribution in [0.4, 0.5) is 30.7 Å². The molecule has 0 atom stereocenters. The molecular weight excluding hydrogens is 573 g/mol. The van der Waals surface area contributed by atoms with Crippen LogP contribution in [0.5, 0.6) is 0 Å². The molecule has 0 amide bonds. The molecule has 5 rings (SSSR count). The molecule has 42 heavy (non-hydrogen) atoms. The van der Waals surface area contributed by atoms with Gasteiger partial charge in [0.2, 0.25) is 0 Å². The fraction of sp³-hybridized carbons (Fsp3) is 0.345. The Labute approximate surface area is 236 Å². The van der Waals surface area contributed by atoms with Gasteiger partial charge in [-0.2, -0.15) is 26.3 Å². The van der Waals surface area contributed by atoms with Crippen LogP contribution in [0.15, 0.2) is 67.0 Å². The van der Waals surface area contributed by atoms with E-state index >= 15 is 0 Å². The summed E-state index contributed by atoms with van der Waals surface area (Å²) in [5.41, 5.74) is 7.11. The lowest BCUT2D eigenvalue weighted by Gasteiger charge is -2.40. The number of aliphatic carboxylic acids is 2. The molecule has 0 radical (unpaired) electrons. The number of aromatic nitrogens is 1. The van der Waals surface area contributed by atoms with Crippen molar-refractivity contribution in [2.45, 2.75) is 50.0 Å². The Morgan fingerprint density at radius 1 is 0.833 bits per heavy atom. The lowest BCUT2D eigenvalue weighted by atomic mass is 9.73. The first-order valence-corrected chi connectivity index (χ1v) is 12.7. The van der Waals surface area contributed by atoms with Crippen LogP contribution in [0.2, 0.25) is 0 Å². The highest BCUT2D eigenvalue weighted by atomic mass is 19.4. The number of carboxylic acids is 2. The lowest BCUT2D eigenvalue weighted by Crippen LogP contribution is -2.41. The summed E-state index contributed by atoms with van der Waals surface area (Å²) in [7, 11) is 0. The van der Waals surface area contributed by atoms with E-state index in [0.29, 0.717) is 5.41 Å². The first-order chi connectivity index (χ1) is 19.6. The third kappa shape index (κ3) is 8.75. The zero-order valence-electron chi connectivity index (χ0n) is 22.1. The number of carbonyl (C=O) groups is 2. The second-order valence-corrected chi connectivity index (χ2v) is 9.90. The minimum absolute atomic E-state index is 0.158. The van der Waals surface area contributed by atoms with Crippen molar-refractivity contribution in [2.75, 3.05) is 13.1 Å². The largest absolute Gasteiger partial charge is 0.490 e. The summed E-state index contributed by atoms with van der Waals surface area (Å²) < 4.78 is 76.6. The van der Waals surface area contributed by atoms with Gasteiger partial charge in [-0.05, 0) is 90.2 Å². The minimum atomic E-state index is -5.08. The van der Waals surface area contributed by atoms with E-state index < -0.39 is 24.3 Å². The molecule has 0 bridgehead atoms. The molecule has 1 spiro atoms. The van der Waals surface area contributed by atoms with E-state index in [2.05, 4.69) is 34.1 Å². The highest BCUT2D eigenvalue weighted by molar-refractivity contribution is 5.73. The summed E-state index contributed by atoms with van der Waals surface area (Å²) in [5, 5.41) is 14.2. The summed E-state index contributed by atoms with van der Waals surface area (Å²) in [6, 6.07) is 18.1. The van der Waals surface area contributed by atoms with Gasteiger partial charge in [0.05, 0.1) is 0 Å². The van der Waals surface area contributed by atoms with Crippen molar-refractivity contribution in [1.29, 1.82) is 0 Å². The molecule has 2 aliphatic rings. The Morgan fingerprint density at radius 3 is 1.90 bits per heavy atom. The zero-order valence-corrected chi connectivity index (χ0v) is 22.1. The maximum absolute atomic E-state index is 13.1. The molecule has 2 heterocycles. The highest BCUT2D eigenvalue weighted by Crippen LogP contribution is 2.47.